The minimum absolute atomic E-state index is 0. The van der Waals surface area contributed by atoms with Crippen LogP contribution in [0.15, 0.2) is 79.1 Å². The van der Waals surface area contributed by atoms with Gasteiger partial charge in [-0.15, -0.1) is 12.4 Å². The SMILES string of the molecule is Cl.N.OCCc1ncc(Cc2ccccc2)[nH]1.c1ccc2ncccc2c1. The molecule has 2 aromatic heterocycles. The number of nitrogens with zero attached hydrogens (tertiary/aromatic N) is 2. The van der Waals surface area contributed by atoms with Crippen molar-refractivity contribution in [3.05, 3.63) is 96.2 Å². The summed E-state index contributed by atoms with van der Waals surface area (Å²) >= 11 is 0. The summed E-state index contributed by atoms with van der Waals surface area (Å²) in [6.07, 6.45) is 5.09. The van der Waals surface area contributed by atoms with Gasteiger partial charge >= 0.3 is 0 Å². The molecule has 0 spiro atoms. The topological polar surface area (TPSA) is 96.8 Å². The third kappa shape index (κ3) is 6.83. The predicted octanol–water partition coefficient (Wildman–Crippen LogP) is 4.35. The van der Waals surface area contributed by atoms with Gasteiger partial charge in [0.15, 0.2) is 0 Å². The Morgan fingerprint density at radius 1 is 0.852 bits per heavy atom. The summed E-state index contributed by atoms with van der Waals surface area (Å²) in [6.45, 7) is 0.137. The van der Waals surface area contributed by atoms with Gasteiger partial charge in [0, 0.05) is 36.3 Å². The molecule has 4 aromatic rings. The van der Waals surface area contributed by atoms with Gasteiger partial charge in [-0.05, 0) is 17.7 Å². The van der Waals surface area contributed by atoms with Crippen molar-refractivity contribution < 1.29 is 5.11 Å². The van der Waals surface area contributed by atoms with Crippen LogP contribution in [0.25, 0.3) is 10.9 Å². The van der Waals surface area contributed by atoms with E-state index in [-0.39, 0.29) is 25.2 Å². The van der Waals surface area contributed by atoms with Gasteiger partial charge in [-0.25, -0.2) is 4.98 Å². The fraction of sp³-hybridized carbons (Fsp3) is 0.143. The average Bonchev–Trinajstić information content (AvgIpc) is 3.10. The summed E-state index contributed by atoms with van der Waals surface area (Å²) in [7, 11) is 0. The zero-order valence-corrected chi connectivity index (χ0v) is 15.9. The van der Waals surface area contributed by atoms with Crippen LogP contribution < -0.4 is 6.15 Å². The Kier molecular flexibility index (Phi) is 9.75. The Hall–Kier alpha value is -2.73. The number of hydrogen-bond acceptors (Lipinski definition) is 4. The first-order valence-electron chi connectivity index (χ1n) is 8.32. The van der Waals surface area contributed by atoms with Crippen LogP contribution >= 0.6 is 12.4 Å². The number of aliphatic hydroxyl groups is 1. The first-order chi connectivity index (χ1) is 12.3. The van der Waals surface area contributed by atoms with Crippen LogP contribution in [0.3, 0.4) is 0 Å². The van der Waals surface area contributed by atoms with E-state index in [1.54, 1.807) is 0 Å². The Balaban J connectivity index is 0.000000267. The van der Waals surface area contributed by atoms with Crippen LogP contribution in [0.4, 0.5) is 0 Å². The Bertz CT molecular complexity index is 847. The molecule has 0 aliphatic carbocycles. The lowest BCUT2D eigenvalue weighted by Gasteiger charge is -1.97. The van der Waals surface area contributed by atoms with Crippen LogP contribution in [0.1, 0.15) is 17.1 Å². The van der Waals surface area contributed by atoms with E-state index in [1.807, 2.05) is 54.9 Å². The molecule has 0 radical (unpaired) electrons. The Morgan fingerprint density at radius 2 is 1.56 bits per heavy atom. The highest BCUT2D eigenvalue weighted by atomic mass is 35.5. The number of benzene rings is 2. The van der Waals surface area contributed by atoms with Gasteiger partial charge in [-0.1, -0.05) is 54.6 Å². The maximum atomic E-state index is 8.76. The van der Waals surface area contributed by atoms with Crippen molar-refractivity contribution in [2.75, 3.05) is 6.61 Å². The monoisotopic (exact) mass is 384 g/mol. The van der Waals surface area contributed by atoms with E-state index in [9.17, 15) is 0 Å². The molecule has 4 rings (SSSR count). The number of aromatic amines is 1. The maximum Gasteiger partial charge on any atom is 0.108 e. The molecule has 0 aliphatic heterocycles. The number of pyridine rings is 1. The molecule has 0 saturated heterocycles. The summed E-state index contributed by atoms with van der Waals surface area (Å²) in [6, 6.07) is 22.3. The van der Waals surface area contributed by atoms with Crippen molar-refractivity contribution in [1.82, 2.24) is 21.1 Å². The van der Waals surface area contributed by atoms with Gasteiger partial charge in [0.05, 0.1) is 12.1 Å². The van der Waals surface area contributed by atoms with Crippen LogP contribution in [0.5, 0.6) is 0 Å². The molecule has 5 nitrogen and oxygen atoms in total. The number of imidazole rings is 1. The first-order valence-corrected chi connectivity index (χ1v) is 8.32. The largest absolute Gasteiger partial charge is 0.396 e. The van der Waals surface area contributed by atoms with Gasteiger partial charge in [0.2, 0.25) is 0 Å². The van der Waals surface area contributed by atoms with E-state index in [0.717, 1.165) is 23.5 Å². The summed E-state index contributed by atoms with van der Waals surface area (Å²) < 4.78 is 0. The van der Waals surface area contributed by atoms with Gasteiger partial charge < -0.3 is 16.2 Å². The molecule has 0 saturated carbocycles. The van der Waals surface area contributed by atoms with E-state index in [0.29, 0.717) is 6.42 Å². The van der Waals surface area contributed by atoms with Crippen LogP contribution in [0.2, 0.25) is 0 Å². The number of aromatic nitrogens is 3. The minimum atomic E-state index is 0. The summed E-state index contributed by atoms with van der Waals surface area (Å²) in [5, 5.41) is 9.96. The highest BCUT2D eigenvalue weighted by molar-refractivity contribution is 5.85. The number of nitrogens with one attached hydrogen (secondary N) is 1. The minimum Gasteiger partial charge on any atom is -0.396 e. The predicted molar refractivity (Wildman–Crippen MR) is 113 cm³/mol. The zero-order valence-electron chi connectivity index (χ0n) is 15.1. The molecule has 6 heteroatoms. The van der Waals surface area contributed by atoms with Crippen molar-refractivity contribution >= 4 is 23.3 Å². The smallest absolute Gasteiger partial charge is 0.108 e. The average molecular weight is 385 g/mol. The number of halogens is 1. The van der Waals surface area contributed by atoms with Crippen LogP contribution in [0, 0.1) is 0 Å². The van der Waals surface area contributed by atoms with E-state index in [2.05, 4.69) is 39.2 Å². The number of rotatable bonds is 4. The fourth-order valence-electron chi connectivity index (χ4n) is 2.56. The lowest BCUT2D eigenvalue weighted by Crippen LogP contribution is -1.93. The van der Waals surface area contributed by atoms with Crippen molar-refractivity contribution in [3.8, 4) is 0 Å². The number of aliphatic hydroxyl groups excluding tert-OH is 1. The number of fused-ring (bicyclic) bond motifs is 1. The van der Waals surface area contributed by atoms with E-state index >= 15 is 0 Å². The second-order valence-corrected chi connectivity index (χ2v) is 5.69. The van der Waals surface area contributed by atoms with E-state index in [1.165, 1.54) is 10.9 Å². The lowest BCUT2D eigenvalue weighted by molar-refractivity contribution is 0.297. The quantitative estimate of drug-likeness (QED) is 0.487. The third-order valence-electron chi connectivity index (χ3n) is 3.78. The van der Waals surface area contributed by atoms with Crippen molar-refractivity contribution in [2.45, 2.75) is 12.8 Å². The summed E-state index contributed by atoms with van der Waals surface area (Å²) in [4.78, 5) is 11.6. The molecule has 0 bridgehead atoms. The fourth-order valence-corrected chi connectivity index (χ4v) is 2.56. The van der Waals surface area contributed by atoms with Crippen LogP contribution in [-0.4, -0.2) is 26.7 Å². The first kappa shape index (κ1) is 22.3. The molecule has 0 amide bonds. The molecular weight excluding hydrogens is 360 g/mol. The molecule has 2 aromatic carbocycles. The molecule has 0 fully saturated rings. The molecule has 0 atom stereocenters. The van der Waals surface area contributed by atoms with Crippen LogP contribution in [-0.2, 0) is 12.8 Å². The lowest BCUT2D eigenvalue weighted by atomic mass is 10.1. The molecule has 27 heavy (non-hydrogen) atoms. The number of H-pyrrole nitrogens is 1. The zero-order chi connectivity index (χ0) is 17.3. The highest BCUT2D eigenvalue weighted by Crippen LogP contribution is 2.08. The molecular formula is C21H25ClN4O. The Morgan fingerprint density at radius 3 is 2.30 bits per heavy atom. The van der Waals surface area contributed by atoms with Crippen molar-refractivity contribution in [3.63, 3.8) is 0 Å². The molecule has 2 heterocycles. The highest BCUT2D eigenvalue weighted by Gasteiger charge is 2.00. The van der Waals surface area contributed by atoms with Gasteiger partial charge in [-0.2, -0.15) is 0 Å². The van der Waals surface area contributed by atoms with Crippen molar-refractivity contribution in [1.29, 1.82) is 0 Å². The molecule has 5 N–H and O–H groups in total. The maximum absolute atomic E-state index is 8.76. The van der Waals surface area contributed by atoms with Crippen molar-refractivity contribution in [2.24, 2.45) is 0 Å². The summed E-state index contributed by atoms with van der Waals surface area (Å²) in [5.74, 6) is 0.850. The van der Waals surface area contributed by atoms with Gasteiger partial charge in [-0.3, -0.25) is 4.98 Å². The summed E-state index contributed by atoms with van der Waals surface area (Å²) in [5.41, 5.74) is 3.41. The third-order valence-corrected chi connectivity index (χ3v) is 3.78. The molecule has 0 unspecified atom stereocenters. The van der Waals surface area contributed by atoms with Gasteiger partial charge in [0.25, 0.3) is 0 Å². The molecule has 0 aliphatic rings. The second-order valence-electron chi connectivity index (χ2n) is 5.69. The normalized spacial score (nSPS) is 9.52. The number of hydrogen-bond donors (Lipinski definition) is 3. The molecule has 142 valence electrons. The Labute approximate surface area is 165 Å². The van der Waals surface area contributed by atoms with E-state index in [4.69, 9.17) is 5.11 Å². The van der Waals surface area contributed by atoms with E-state index < -0.39 is 0 Å². The number of para-hydroxylation sites is 1. The van der Waals surface area contributed by atoms with Gasteiger partial charge in [0.1, 0.15) is 5.82 Å². The second kappa shape index (κ2) is 11.8. The standard InChI is InChI=1S/C12H14N2O.C9H7N.ClH.H3N/c15-7-6-12-13-9-11(14-12)8-10-4-2-1-3-5-10;1-2-6-9-8(4-1)5-3-7-10-9;;/h1-5,9,15H,6-8H2,(H,13,14);1-7H;1H;1H3.